The predicted octanol–water partition coefficient (Wildman–Crippen LogP) is 0.249. The molecule has 0 radical (unpaired) electrons. The minimum Gasteiger partial charge on any atom is -0.479 e. The fourth-order valence-electron chi connectivity index (χ4n) is 1.16. The zero-order chi connectivity index (χ0) is 15.1. The fourth-order valence-corrected chi connectivity index (χ4v) is 1.89. The molecular weight excluding hydrogens is 288 g/mol. The summed E-state index contributed by atoms with van der Waals surface area (Å²) in [6.45, 7) is -0.366. The Labute approximate surface area is 117 Å². The Morgan fingerprint density at radius 2 is 1.95 bits per heavy atom. The Bertz CT molecular complexity index is 504. The summed E-state index contributed by atoms with van der Waals surface area (Å²) in [6, 6.07) is 5.69. The molecule has 0 aromatic heterocycles. The van der Waals surface area contributed by atoms with Gasteiger partial charge >= 0.3 is 5.97 Å². The van der Waals surface area contributed by atoms with E-state index in [-0.39, 0.29) is 18.0 Å². The number of aliphatic hydroxyl groups excluding tert-OH is 1. The van der Waals surface area contributed by atoms with Crippen LogP contribution in [0.5, 0.6) is 0 Å². The van der Waals surface area contributed by atoms with Crippen molar-refractivity contribution in [1.82, 2.24) is 5.32 Å². The van der Waals surface area contributed by atoms with Crippen LogP contribution in [0.3, 0.4) is 0 Å². The van der Waals surface area contributed by atoms with E-state index in [4.69, 9.17) is 10.2 Å². The summed E-state index contributed by atoms with van der Waals surface area (Å²) < 4.78 is 0. The second-order valence-electron chi connectivity index (χ2n) is 3.70. The zero-order valence-corrected chi connectivity index (χ0v) is 11.0. The molecule has 1 amide bonds. The van der Waals surface area contributed by atoms with Gasteiger partial charge in [-0.05, 0) is 12.1 Å². The molecule has 9 heteroatoms. The van der Waals surface area contributed by atoms with Crippen LogP contribution >= 0.6 is 11.8 Å². The van der Waals surface area contributed by atoms with E-state index in [0.29, 0.717) is 4.90 Å². The number of thioether (sulfide) groups is 1. The molecule has 0 unspecified atom stereocenters. The third-order valence-corrected chi connectivity index (χ3v) is 3.21. The molecule has 1 aromatic carbocycles. The number of aliphatic carboxylic acids is 1. The Hall–Kier alpha value is -2.13. The number of carbonyl (C=O) groups excluding carboxylic acids is 1. The van der Waals surface area contributed by atoms with Gasteiger partial charge in [-0.15, -0.1) is 11.8 Å². The van der Waals surface area contributed by atoms with E-state index in [9.17, 15) is 19.7 Å². The number of nitro benzene ring substituents is 1. The number of rotatable bonds is 7. The summed E-state index contributed by atoms with van der Waals surface area (Å²) in [7, 11) is 0. The number of carboxylic acid groups (broad SMARTS) is 1. The smallest absolute Gasteiger partial charge is 0.334 e. The van der Waals surface area contributed by atoms with Gasteiger partial charge in [-0.3, -0.25) is 14.9 Å². The van der Waals surface area contributed by atoms with Crippen LogP contribution in [0.1, 0.15) is 0 Å². The quantitative estimate of drug-likeness (QED) is 0.374. The lowest BCUT2D eigenvalue weighted by atomic mass is 10.3. The number of carbonyl (C=O) groups is 2. The highest BCUT2D eigenvalue weighted by Gasteiger charge is 2.14. The molecule has 1 aromatic rings. The van der Waals surface area contributed by atoms with E-state index in [0.717, 1.165) is 11.8 Å². The summed E-state index contributed by atoms with van der Waals surface area (Å²) in [5.74, 6) is -1.83. The number of nitro groups is 1. The Balaban J connectivity index is 2.37. The topological polar surface area (TPSA) is 130 Å². The van der Waals surface area contributed by atoms with Crippen LogP contribution in [0.2, 0.25) is 0 Å². The maximum absolute atomic E-state index is 11.4. The van der Waals surface area contributed by atoms with Crippen molar-refractivity contribution in [1.29, 1.82) is 0 Å². The molecule has 0 saturated carbocycles. The maximum atomic E-state index is 11.4. The lowest BCUT2D eigenvalue weighted by molar-refractivity contribution is -0.384. The van der Waals surface area contributed by atoms with Crippen LogP contribution in [0, 0.1) is 10.1 Å². The van der Waals surface area contributed by atoms with Gasteiger partial charge < -0.3 is 15.5 Å². The van der Waals surface area contributed by atoms with Crippen LogP contribution in [0.25, 0.3) is 0 Å². The molecule has 0 saturated heterocycles. The number of carboxylic acids is 1. The van der Waals surface area contributed by atoms with Gasteiger partial charge in [-0.2, -0.15) is 0 Å². The van der Waals surface area contributed by atoms with Gasteiger partial charge in [0.1, 0.15) is 0 Å². The second kappa shape index (κ2) is 7.46. The lowest BCUT2D eigenvalue weighted by Crippen LogP contribution is -2.37. The molecule has 0 aliphatic rings. The molecule has 0 fully saturated rings. The number of non-ortho nitro benzene ring substituents is 1. The first-order valence-corrected chi connectivity index (χ1v) is 6.43. The molecular formula is C11H12N2O6S. The Morgan fingerprint density at radius 3 is 2.45 bits per heavy atom. The number of amides is 1. The monoisotopic (exact) mass is 300 g/mol. The molecule has 8 nitrogen and oxygen atoms in total. The summed E-state index contributed by atoms with van der Waals surface area (Å²) in [5.41, 5.74) is -0.0385. The van der Waals surface area contributed by atoms with Crippen LogP contribution in [-0.4, -0.2) is 45.4 Å². The molecule has 1 rings (SSSR count). The molecule has 1 atom stereocenters. The average molecular weight is 300 g/mol. The first kappa shape index (κ1) is 15.9. The third kappa shape index (κ3) is 5.24. The van der Waals surface area contributed by atoms with Gasteiger partial charge in [0.05, 0.1) is 17.2 Å². The summed E-state index contributed by atoms with van der Waals surface area (Å²) in [5, 5.41) is 30.1. The zero-order valence-electron chi connectivity index (χ0n) is 10.2. The van der Waals surface area contributed by atoms with Gasteiger partial charge in [-0.25, -0.2) is 4.79 Å². The van der Waals surface area contributed by atoms with Crippen LogP contribution in [0.15, 0.2) is 29.2 Å². The van der Waals surface area contributed by atoms with Crippen LogP contribution in [0.4, 0.5) is 5.69 Å². The normalized spacial score (nSPS) is 11.7. The second-order valence-corrected chi connectivity index (χ2v) is 4.75. The van der Waals surface area contributed by atoms with Crippen molar-refractivity contribution in [3.8, 4) is 0 Å². The van der Waals surface area contributed by atoms with Crippen molar-refractivity contribution in [2.75, 3.05) is 12.3 Å². The molecule has 0 spiro atoms. The van der Waals surface area contributed by atoms with Crippen molar-refractivity contribution >= 4 is 29.3 Å². The van der Waals surface area contributed by atoms with E-state index < -0.39 is 22.9 Å². The number of hydrogen-bond donors (Lipinski definition) is 3. The van der Waals surface area contributed by atoms with Crippen molar-refractivity contribution in [3.63, 3.8) is 0 Å². The minimum atomic E-state index is -1.64. The Morgan fingerprint density at radius 1 is 1.35 bits per heavy atom. The first-order chi connectivity index (χ1) is 9.40. The first-order valence-electron chi connectivity index (χ1n) is 5.45. The SMILES string of the molecule is O=C(CSc1ccc([N+](=O)[O-])cc1)NC[C@H](O)C(=O)O. The molecule has 0 heterocycles. The van der Waals surface area contributed by atoms with E-state index >= 15 is 0 Å². The van der Waals surface area contributed by atoms with Gasteiger partial charge in [0.15, 0.2) is 6.10 Å². The standard InChI is InChI=1S/C11H12N2O6S/c14-9(11(16)17)5-12-10(15)6-20-8-3-1-7(2-4-8)13(18)19/h1-4,9,14H,5-6H2,(H,12,15)(H,16,17)/t9-/m0/s1. The number of nitrogens with one attached hydrogen (secondary N) is 1. The summed E-state index contributed by atoms with van der Waals surface area (Å²) >= 11 is 1.15. The van der Waals surface area contributed by atoms with Crippen molar-refractivity contribution in [2.24, 2.45) is 0 Å². The summed E-state index contributed by atoms with van der Waals surface area (Å²) in [4.78, 5) is 32.3. The van der Waals surface area contributed by atoms with Crippen molar-refractivity contribution < 1.29 is 24.7 Å². The molecule has 3 N–H and O–H groups in total. The van der Waals surface area contributed by atoms with E-state index in [1.807, 2.05) is 0 Å². The number of nitrogens with zero attached hydrogens (tertiary/aromatic N) is 1. The fraction of sp³-hybridized carbons (Fsp3) is 0.273. The molecule has 0 bridgehead atoms. The molecule has 20 heavy (non-hydrogen) atoms. The van der Waals surface area contributed by atoms with Crippen molar-refractivity contribution in [2.45, 2.75) is 11.0 Å². The average Bonchev–Trinajstić information content (AvgIpc) is 2.42. The van der Waals surface area contributed by atoms with Crippen LogP contribution in [-0.2, 0) is 9.59 Å². The van der Waals surface area contributed by atoms with E-state index in [1.54, 1.807) is 0 Å². The van der Waals surface area contributed by atoms with Gasteiger partial charge in [0.2, 0.25) is 5.91 Å². The highest BCUT2D eigenvalue weighted by molar-refractivity contribution is 8.00. The van der Waals surface area contributed by atoms with Crippen molar-refractivity contribution in [3.05, 3.63) is 34.4 Å². The number of aliphatic hydroxyl groups is 1. The summed E-state index contributed by atoms with van der Waals surface area (Å²) in [6.07, 6.45) is -1.64. The number of hydrogen-bond acceptors (Lipinski definition) is 6. The lowest BCUT2D eigenvalue weighted by Gasteiger charge is -2.07. The highest BCUT2D eigenvalue weighted by Crippen LogP contribution is 2.20. The van der Waals surface area contributed by atoms with Gasteiger partial charge in [0.25, 0.3) is 5.69 Å². The third-order valence-electron chi connectivity index (χ3n) is 2.20. The van der Waals surface area contributed by atoms with Crippen LogP contribution < -0.4 is 5.32 Å². The van der Waals surface area contributed by atoms with E-state index in [1.165, 1.54) is 24.3 Å². The minimum absolute atomic E-state index is 0.0180. The largest absolute Gasteiger partial charge is 0.479 e. The van der Waals surface area contributed by atoms with Gasteiger partial charge in [-0.1, -0.05) is 0 Å². The number of benzene rings is 1. The Kier molecular flexibility index (Phi) is 5.94. The predicted molar refractivity (Wildman–Crippen MR) is 70.5 cm³/mol. The molecule has 0 aliphatic carbocycles. The van der Waals surface area contributed by atoms with E-state index in [2.05, 4.69) is 5.32 Å². The molecule has 0 aliphatic heterocycles. The molecule has 108 valence electrons. The highest BCUT2D eigenvalue weighted by atomic mass is 32.2. The maximum Gasteiger partial charge on any atom is 0.334 e. The van der Waals surface area contributed by atoms with Gasteiger partial charge in [0, 0.05) is 17.0 Å².